The van der Waals surface area contributed by atoms with E-state index in [9.17, 15) is 4.79 Å². The molecule has 1 aromatic heterocycles. The summed E-state index contributed by atoms with van der Waals surface area (Å²) in [6.07, 6.45) is 3.76. The molecule has 2 rings (SSSR count). The molecule has 1 atom stereocenters. The number of carbonyl (C=O) groups is 1. The van der Waals surface area contributed by atoms with Crippen molar-refractivity contribution < 1.29 is 4.79 Å². The average molecular weight is 214 g/mol. The monoisotopic (exact) mass is 214 g/mol. The van der Waals surface area contributed by atoms with E-state index in [0.717, 1.165) is 11.4 Å². The second kappa shape index (κ2) is 4.75. The lowest BCUT2D eigenvalue weighted by Crippen LogP contribution is -2.12. The number of benzene rings is 1. The Hall–Kier alpha value is -1.90. The molecule has 1 aromatic carbocycles. The van der Waals surface area contributed by atoms with Crippen LogP contribution in [-0.4, -0.2) is 15.8 Å². The number of H-pyrrole nitrogens is 1. The van der Waals surface area contributed by atoms with Crippen molar-refractivity contribution in [2.24, 2.45) is 0 Å². The zero-order valence-electron chi connectivity index (χ0n) is 9.18. The Morgan fingerprint density at radius 3 is 2.75 bits per heavy atom. The number of hydrogen-bond donors (Lipinski definition) is 1. The zero-order chi connectivity index (χ0) is 11.4. The van der Waals surface area contributed by atoms with Crippen LogP contribution in [-0.2, 0) is 11.2 Å². The molecular formula is C13H14N2O. The van der Waals surface area contributed by atoms with Crippen molar-refractivity contribution in [2.45, 2.75) is 19.3 Å². The number of imidazole rings is 1. The Balaban J connectivity index is 2.05. The van der Waals surface area contributed by atoms with Gasteiger partial charge in [-0.3, -0.25) is 4.79 Å². The van der Waals surface area contributed by atoms with E-state index in [-0.39, 0.29) is 11.7 Å². The van der Waals surface area contributed by atoms with Gasteiger partial charge in [0.1, 0.15) is 11.6 Å². The van der Waals surface area contributed by atoms with E-state index in [4.69, 9.17) is 0 Å². The lowest BCUT2D eigenvalue weighted by molar-refractivity contribution is -0.119. The standard InChI is InChI=1S/C13H14N2O/c1-10(11-5-3-2-4-6-11)12(16)9-13-14-7-8-15-13/h2-8,10H,9H2,1H3,(H,14,15). The van der Waals surface area contributed by atoms with Crippen LogP contribution in [0.25, 0.3) is 0 Å². The van der Waals surface area contributed by atoms with Crippen molar-refractivity contribution >= 4 is 5.78 Å². The van der Waals surface area contributed by atoms with Gasteiger partial charge < -0.3 is 4.98 Å². The molecule has 0 spiro atoms. The van der Waals surface area contributed by atoms with Gasteiger partial charge in [-0.2, -0.15) is 0 Å². The first-order chi connectivity index (χ1) is 7.77. The maximum Gasteiger partial charge on any atom is 0.147 e. The number of rotatable bonds is 4. The molecule has 2 aromatic rings. The molecule has 0 aliphatic rings. The summed E-state index contributed by atoms with van der Waals surface area (Å²) in [5, 5.41) is 0. The van der Waals surface area contributed by atoms with Crippen LogP contribution in [0.4, 0.5) is 0 Å². The molecule has 3 heteroatoms. The van der Waals surface area contributed by atoms with E-state index < -0.39 is 0 Å². The van der Waals surface area contributed by atoms with Crippen LogP contribution < -0.4 is 0 Å². The quantitative estimate of drug-likeness (QED) is 0.849. The van der Waals surface area contributed by atoms with Crippen molar-refractivity contribution in [1.82, 2.24) is 9.97 Å². The van der Waals surface area contributed by atoms with Gasteiger partial charge in [-0.1, -0.05) is 37.3 Å². The molecule has 1 heterocycles. The van der Waals surface area contributed by atoms with E-state index in [1.54, 1.807) is 12.4 Å². The minimum Gasteiger partial charge on any atom is -0.348 e. The fraction of sp³-hybridized carbons (Fsp3) is 0.231. The van der Waals surface area contributed by atoms with Crippen molar-refractivity contribution in [2.75, 3.05) is 0 Å². The maximum atomic E-state index is 12.0. The number of nitrogens with one attached hydrogen (secondary N) is 1. The Bertz CT molecular complexity index is 448. The highest BCUT2D eigenvalue weighted by molar-refractivity contribution is 5.86. The summed E-state index contributed by atoms with van der Waals surface area (Å²) in [6, 6.07) is 9.81. The van der Waals surface area contributed by atoms with Gasteiger partial charge in [-0.05, 0) is 5.56 Å². The summed E-state index contributed by atoms with van der Waals surface area (Å²) in [5.41, 5.74) is 1.05. The topological polar surface area (TPSA) is 45.8 Å². The van der Waals surface area contributed by atoms with E-state index in [1.807, 2.05) is 37.3 Å². The van der Waals surface area contributed by atoms with Gasteiger partial charge >= 0.3 is 0 Å². The number of aromatic amines is 1. The van der Waals surface area contributed by atoms with Gasteiger partial charge in [0.05, 0.1) is 6.42 Å². The fourth-order valence-corrected chi connectivity index (χ4v) is 1.64. The van der Waals surface area contributed by atoms with Crippen LogP contribution in [0.15, 0.2) is 42.7 Å². The predicted octanol–water partition coefficient (Wildman–Crippen LogP) is 2.33. The van der Waals surface area contributed by atoms with Crippen molar-refractivity contribution in [1.29, 1.82) is 0 Å². The van der Waals surface area contributed by atoms with Crippen LogP contribution in [0.5, 0.6) is 0 Å². The number of aromatic nitrogens is 2. The van der Waals surface area contributed by atoms with Gasteiger partial charge in [-0.25, -0.2) is 4.98 Å². The van der Waals surface area contributed by atoms with Gasteiger partial charge in [-0.15, -0.1) is 0 Å². The van der Waals surface area contributed by atoms with Gasteiger partial charge in [0.2, 0.25) is 0 Å². The van der Waals surface area contributed by atoms with Gasteiger partial charge in [0.25, 0.3) is 0 Å². The van der Waals surface area contributed by atoms with E-state index in [2.05, 4.69) is 9.97 Å². The number of ketones is 1. The van der Waals surface area contributed by atoms with Crippen LogP contribution in [0.2, 0.25) is 0 Å². The molecule has 0 saturated heterocycles. The second-order valence-corrected chi connectivity index (χ2v) is 3.81. The molecule has 0 radical (unpaired) electrons. The van der Waals surface area contributed by atoms with Crippen LogP contribution in [0, 0.1) is 0 Å². The molecule has 0 amide bonds. The van der Waals surface area contributed by atoms with Crippen molar-refractivity contribution in [3.63, 3.8) is 0 Å². The lowest BCUT2D eigenvalue weighted by atomic mass is 9.95. The first kappa shape index (κ1) is 10.6. The van der Waals surface area contributed by atoms with Crippen LogP contribution in [0.1, 0.15) is 24.2 Å². The third-order valence-electron chi connectivity index (χ3n) is 2.68. The van der Waals surface area contributed by atoms with Gasteiger partial charge in [0.15, 0.2) is 0 Å². The highest BCUT2D eigenvalue weighted by atomic mass is 16.1. The molecule has 0 aliphatic carbocycles. The molecule has 0 fully saturated rings. The summed E-state index contributed by atoms with van der Waals surface area (Å²) in [5.74, 6) is 0.834. The highest BCUT2D eigenvalue weighted by Gasteiger charge is 2.15. The summed E-state index contributed by atoms with van der Waals surface area (Å²) in [6.45, 7) is 1.93. The number of nitrogens with zero attached hydrogens (tertiary/aromatic N) is 1. The van der Waals surface area contributed by atoms with E-state index >= 15 is 0 Å². The minimum atomic E-state index is -0.0775. The fourth-order valence-electron chi connectivity index (χ4n) is 1.64. The molecule has 0 saturated carbocycles. The smallest absolute Gasteiger partial charge is 0.147 e. The first-order valence-electron chi connectivity index (χ1n) is 5.33. The Morgan fingerprint density at radius 1 is 1.38 bits per heavy atom. The zero-order valence-corrected chi connectivity index (χ0v) is 9.18. The SMILES string of the molecule is CC(C(=O)Cc1ncc[nH]1)c1ccccc1. The van der Waals surface area contributed by atoms with Gasteiger partial charge in [0, 0.05) is 18.3 Å². The average Bonchev–Trinajstić information content (AvgIpc) is 2.82. The summed E-state index contributed by atoms with van der Waals surface area (Å²) < 4.78 is 0. The van der Waals surface area contributed by atoms with Crippen molar-refractivity contribution in [3.05, 3.63) is 54.1 Å². The van der Waals surface area contributed by atoms with Crippen molar-refractivity contribution in [3.8, 4) is 0 Å². The largest absolute Gasteiger partial charge is 0.348 e. The molecular weight excluding hydrogens is 200 g/mol. The minimum absolute atomic E-state index is 0.0775. The maximum absolute atomic E-state index is 12.0. The number of Topliss-reactive ketones (excluding diaryl/α,β-unsaturated/α-hetero) is 1. The Kier molecular flexibility index (Phi) is 3.15. The third-order valence-corrected chi connectivity index (χ3v) is 2.68. The summed E-state index contributed by atoms with van der Waals surface area (Å²) in [4.78, 5) is 18.9. The molecule has 0 aliphatic heterocycles. The molecule has 0 bridgehead atoms. The lowest BCUT2D eigenvalue weighted by Gasteiger charge is -2.09. The second-order valence-electron chi connectivity index (χ2n) is 3.81. The first-order valence-corrected chi connectivity index (χ1v) is 5.33. The van der Waals surface area contributed by atoms with E-state index in [0.29, 0.717) is 6.42 Å². The number of carbonyl (C=O) groups excluding carboxylic acids is 1. The normalized spacial score (nSPS) is 12.3. The molecule has 82 valence electrons. The predicted molar refractivity (Wildman–Crippen MR) is 62.2 cm³/mol. The third kappa shape index (κ3) is 2.37. The molecule has 16 heavy (non-hydrogen) atoms. The van der Waals surface area contributed by atoms with E-state index in [1.165, 1.54) is 0 Å². The molecule has 1 N–H and O–H groups in total. The Labute approximate surface area is 94.5 Å². The van der Waals surface area contributed by atoms with Crippen LogP contribution >= 0.6 is 0 Å². The summed E-state index contributed by atoms with van der Waals surface area (Å²) in [7, 11) is 0. The molecule has 1 unspecified atom stereocenters. The highest BCUT2D eigenvalue weighted by Crippen LogP contribution is 2.16. The number of hydrogen-bond acceptors (Lipinski definition) is 2. The summed E-state index contributed by atoms with van der Waals surface area (Å²) >= 11 is 0. The Morgan fingerprint density at radius 2 is 2.12 bits per heavy atom. The van der Waals surface area contributed by atoms with Crippen LogP contribution in [0.3, 0.4) is 0 Å². The molecule has 3 nitrogen and oxygen atoms in total.